The molecule has 0 unspecified atom stereocenters. The van der Waals surface area contributed by atoms with E-state index in [0.29, 0.717) is 0 Å². The minimum absolute atomic E-state index is 0. The first kappa shape index (κ1) is 9.75. The van der Waals surface area contributed by atoms with Gasteiger partial charge in [0, 0.05) is 0 Å². The molecular formula is C3H4LiNO2. The van der Waals surface area contributed by atoms with Crippen LogP contribution in [0.1, 0.15) is 7.85 Å². The van der Waals surface area contributed by atoms with Crippen molar-refractivity contribution in [2.24, 2.45) is 0 Å². The van der Waals surface area contributed by atoms with Crippen LogP contribution < -0.4 is 18.9 Å². The zero-order valence-electron chi connectivity index (χ0n) is 5.01. The zero-order chi connectivity index (χ0) is 4.99. The van der Waals surface area contributed by atoms with Gasteiger partial charge in [-0.25, -0.2) is 0 Å². The standard InChI is InChI=1S/C3H3NO2.Li.H/c4-2-1-3(5)6;;/h1H2,(H,5,6);;/q;+1;-1. The van der Waals surface area contributed by atoms with Crippen molar-refractivity contribution < 1.29 is 30.2 Å². The number of nitriles is 1. The van der Waals surface area contributed by atoms with Gasteiger partial charge < -0.3 is 6.53 Å². The summed E-state index contributed by atoms with van der Waals surface area (Å²) in [5.41, 5.74) is 0. The van der Waals surface area contributed by atoms with Crippen LogP contribution in [0.3, 0.4) is 0 Å². The van der Waals surface area contributed by atoms with E-state index in [1.54, 1.807) is 0 Å². The first-order valence-electron chi connectivity index (χ1n) is 1.36. The van der Waals surface area contributed by atoms with Crippen molar-refractivity contribution in [1.29, 1.82) is 5.26 Å². The number of nitrogens with zero attached hydrogens (tertiary/aromatic N) is 1. The molecule has 0 spiro atoms. The molecule has 0 aliphatic carbocycles. The number of hydrogen-bond acceptors (Lipinski definition) is 2. The second-order valence-electron chi connectivity index (χ2n) is 0.729. The molecule has 1 N–H and O–H groups in total. The van der Waals surface area contributed by atoms with Crippen molar-refractivity contribution in [3.05, 3.63) is 0 Å². The fourth-order valence-electron chi connectivity index (χ4n) is 0.0676. The Bertz CT molecular complexity index is 99.9. The third-order valence-electron chi connectivity index (χ3n) is 0.230. The molecule has 0 rings (SSSR count). The summed E-state index contributed by atoms with van der Waals surface area (Å²) in [4.78, 5) is 9.38. The molecule has 34 valence electrons. The van der Waals surface area contributed by atoms with Gasteiger partial charge in [0.2, 0.25) is 0 Å². The second kappa shape index (κ2) is 5.56. The Balaban J connectivity index is -0.000000125. The largest absolute Gasteiger partial charge is 1.00 e. The first-order valence-corrected chi connectivity index (χ1v) is 1.36. The summed E-state index contributed by atoms with van der Waals surface area (Å²) < 4.78 is 0. The number of rotatable bonds is 1. The minimum atomic E-state index is -1.07. The van der Waals surface area contributed by atoms with Gasteiger partial charge >= 0.3 is 24.8 Å². The van der Waals surface area contributed by atoms with Crippen molar-refractivity contribution in [3.63, 3.8) is 0 Å². The number of aliphatic carboxylic acids is 1. The normalized spacial score (nSPS) is 5.57. The molecule has 0 bridgehead atoms. The molecule has 4 heteroatoms. The fourth-order valence-corrected chi connectivity index (χ4v) is 0.0676. The number of carboxylic acid groups (broad SMARTS) is 1. The van der Waals surface area contributed by atoms with Crippen LogP contribution in [-0.4, -0.2) is 11.1 Å². The van der Waals surface area contributed by atoms with Gasteiger partial charge in [-0.05, 0) is 0 Å². The van der Waals surface area contributed by atoms with Gasteiger partial charge in [0.05, 0.1) is 6.07 Å². The Labute approximate surface area is 54.6 Å². The van der Waals surface area contributed by atoms with Crippen molar-refractivity contribution in [2.75, 3.05) is 0 Å². The van der Waals surface area contributed by atoms with Crippen LogP contribution in [-0.2, 0) is 4.79 Å². The minimum Gasteiger partial charge on any atom is -1.00 e. The van der Waals surface area contributed by atoms with E-state index >= 15 is 0 Å². The molecule has 0 saturated carbocycles. The smallest absolute Gasteiger partial charge is 1.00 e. The summed E-state index contributed by atoms with van der Waals surface area (Å²) in [6.45, 7) is 0. The topological polar surface area (TPSA) is 61.1 Å². The molecule has 0 amide bonds. The number of carbonyl (C=O) groups is 1. The predicted molar refractivity (Wildman–Crippen MR) is 19.0 cm³/mol. The third-order valence-corrected chi connectivity index (χ3v) is 0.230. The molecule has 3 nitrogen and oxygen atoms in total. The second-order valence-corrected chi connectivity index (χ2v) is 0.729. The summed E-state index contributed by atoms with van der Waals surface area (Å²) in [5, 5.41) is 15.3. The quantitative estimate of drug-likeness (QED) is 0.354. The van der Waals surface area contributed by atoms with Crippen LogP contribution in [0.15, 0.2) is 0 Å². The maximum atomic E-state index is 9.38. The SMILES string of the molecule is N#CCC(=O)O.[H-].[Li+]. The van der Waals surface area contributed by atoms with Crippen LogP contribution in [0.4, 0.5) is 0 Å². The molecule has 0 aliphatic heterocycles. The van der Waals surface area contributed by atoms with Crippen molar-refractivity contribution >= 4 is 5.97 Å². The van der Waals surface area contributed by atoms with E-state index in [-0.39, 0.29) is 20.3 Å². The van der Waals surface area contributed by atoms with E-state index in [2.05, 4.69) is 0 Å². The average molecular weight is 93.0 g/mol. The maximum absolute atomic E-state index is 9.38. The van der Waals surface area contributed by atoms with E-state index in [9.17, 15) is 4.79 Å². The Morgan fingerprint density at radius 1 is 2.00 bits per heavy atom. The average Bonchev–Trinajstić information content (AvgIpc) is 1.35. The molecule has 0 aromatic carbocycles. The molecule has 0 heterocycles. The van der Waals surface area contributed by atoms with Gasteiger partial charge in [0.25, 0.3) is 0 Å². The van der Waals surface area contributed by atoms with Crippen LogP contribution in [0, 0.1) is 11.3 Å². The molecule has 0 radical (unpaired) electrons. The Hall–Kier alpha value is -0.443. The van der Waals surface area contributed by atoms with Crippen LogP contribution in [0.25, 0.3) is 0 Å². The summed E-state index contributed by atoms with van der Waals surface area (Å²) >= 11 is 0. The molecule has 0 atom stereocenters. The van der Waals surface area contributed by atoms with Gasteiger partial charge in [-0.15, -0.1) is 0 Å². The van der Waals surface area contributed by atoms with E-state index in [1.807, 2.05) is 0 Å². The Kier molecular flexibility index (Phi) is 7.74. The number of carboxylic acids is 1. The van der Waals surface area contributed by atoms with E-state index in [1.165, 1.54) is 6.07 Å². The summed E-state index contributed by atoms with van der Waals surface area (Å²) in [6, 6.07) is 1.47. The first-order chi connectivity index (χ1) is 2.77. The molecule has 0 aromatic rings. The van der Waals surface area contributed by atoms with Gasteiger partial charge in [0.1, 0.15) is 6.42 Å². The van der Waals surface area contributed by atoms with E-state index in [4.69, 9.17) is 10.4 Å². The fraction of sp³-hybridized carbons (Fsp3) is 0.333. The number of hydrogen-bond donors (Lipinski definition) is 1. The summed E-state index contributed by atoms with van der Waals surface area (Å²) in [5.74, 6) is -1.07. The molecule has 0 saturated heterocycles. The monoisotopic (exact) mass is 93.0 g/mol. The van der Waals surface area contributed by atoms with E-state index < -0.39 is 12.4 Å². The van der Waals surface area contributed by atoms with Gasteiger partial charge in [0.15, 0.2) is 0 Å². The molecule has 0 aliphatic rings. The van der Waals surface area contributed by atoms with Crippen LogP contribution >= 0.6 is 0 Å². The van der Waals surface area contributed by atoms with Gasteiger partial charge in [-0.1, -0.05) is 0 Å². The third kappa shape index (κ3) is 10.8. The van der Waals surface area contributed by atoms with Crippen molar-refractivity contribution in [2.45, 2.75) is 6.42 Å². The molecule has 0 aromatic heterocycles. The van der Waals surface area contributed by atoms with Gasteiger partial charge in [-0.2, -0.15) is 5.26 Å². The molecular weight excluding hydrogens is 89.0 g/mol. The van der Waals surface area contributed by atoms with Crippen molar-refractivity contribution in [3.8, 4) is 6.07 Å². The maximum Gasteiger partial charge on any atom is 1.00 e. The zero-order valence-corrected chi connectivity index (χ0v) is 4.01. The molecule has 0 fully saturated rings. The van der Waals surface area contributed by atoms with Crippen LogP contribution in [0.2, 0.25) is 0 Å². The van der Waals surface area contributed by atoms with Crippen LogP contribution in [0.5, 0.6) is 0 Å². The predicted octanol–water partition coefficient (Wildman–Crippen LogP) is -2.90. The van der Waals surface area contributed by atoms with E-state index in [0.717, 1.165) is 0 Å². The van der Waals surface area contributed by atoms with Crippen molar-refractivity contribution in [1.82, 2.24) is 0 Å². The summed E-state index contributed by atoms with van der Waals surface area (Å²) in [6.07, 6.45) is -0.403. The molecule has 7 heavy (non-hydrogen) atoms. The van der Waals surface area contributed by atoms with Gasteiger partial charge in [-0.3, -0.25) is 4.79 Å². The Morgan fingerprint density at radius 3 is 2.43 bits per heavy atom. The summed E-state index contributed by atoms with van der Waals surface area (Å²) in [7, 11) is 0. The Morgan fingerprint density at radius 2 is 2.43 bits per heavy atom.